The number of aliphatic hydroxyl groups is 3. The largest absolute Gasteiger partial charge is 0.513 e. The third kappa shape index (κ3) is 12.0. The van der Waals surface area contributed by atoms with E-state index < -0.39 is 5.97 Å². The van der Waals surface area contributed by atoms with E-state index in [4.69, 9.17) is 5.11 Å². The first-order chi connectivity index (χ1) is 16.1. The van der Waals surface area contributed by atoms with Crippen molar-refractivity contribution in [3.8, 4) is 0 Å². The standard InChI is InChI=1S/C22H36O3.C5H10O2.C2H4/c1-4-5-17(12-16(3)23)13-19(24)8-10-21-15(2)6-7-18-14-20(25)9-11-22(18)21;1-3-4(2)5(6)7;1-2/h6-7,14-15,17,19-25H,3-5,8-13H2,1-2H3;4H,3H2,1-2H3,(H,6,7);1-2H2/t15-,17?,19+,20-,21-,22?;4-;/m00./s1. The van der Waals surface area contributed by atoms with Gasteiger partial charge in [0.15, 0.2) is 0 Å². The number of aliphatic hydroxyl groups excluding tert-OH is 3. The summed E-state index contributed by atoms with van der Waals surface area (Å²) in [7, 11) is 0. The monoisotopic (exact) mass is 478 g/mol. The van der Waals surface area contributed by atoms with Crippen molar-refractivity contribution in [1.82, 2.24) is 0 Å². The minimum Gasteiger partial charge on any atom is -0.513 e. The molecule has 196 valence electrons. The molecule has 2 aliphatic rings. The van der Waals surface area contributed by atoms with Gasteiger partial charge in [-0.15, -0.1) is 13.2 Å². The molecule has 0 heterocycles. The van der Waals surface area contributed by atoms with Crippen LogP contribution in [-0.4, -0.2) is 38.6 Å². The lowest BCUT2D eigenvalue weighted by Crippen LogP contribution is -2.30. The van der Waals surface area contributed by atoms with Gasteiger partial charge in [-0.1, -0.05) is 65.3 Å². The van der Waals surface area contributed by atoms with Crippen molar-refractivity contribution in [1.29, 1.82) is 0 Å². The number of allylic oxidation sites excluding steroid dienone is 4. The molecule has 0 bridgehead atoms. The predicted molar refractivity (Wildman–Crippen MR) is 142 cm³/mol. The number of hydrogen-bond acceptors (Lipinski definition) is 4. The molecule has 0 aromatic heterocycles. The molecule has 5 nitrogen and oxygen atoms in total. The van der Waals surface area contributed by atoms with Crippen molar-refractivity contribution in [3.05, 3.63) is 49.3 Å². The molecule has 0 spiro atoms. The minimum absolute atomic E-state index is 0.181. The normalized spacial score (nSPS) is 25.8. The van der Waals surface area contributed by atoms with Gasteiger partial charge < -0.3 is 20.4 Å². The lowest BCUT2D eigenvalue weighted by molar-refractivity contribution is -0.141. The second kappa shape index (κ2) is 17.6. The summed E-state index contributed by atoms with van der Waals surface area (Å²) in [5, 5.41) is 38.0. The molecular formula is C29H50O5. The van der Waals surface area contributed by atoms with E-state index in [0.717, 1.165) is 51.4 Å². The van der Waals surface area contributed by atoms with E-state index in [1.165, 1.54) is 5.57 Å². The van der Waals surface area contributed by atoms with Crippen LogP contribution in [0.2, 0.25) is 0 Å². The quantitative estimate of drug-likeness (QED) is 0.193. The molecule has 0 aliphatic heterocycles. The first kappa shape index (κ1) is 32.1. The summed E-state index contributed by atoms with van der Waals surface area (Å²) in [6.07, 6.45) is 13.7. The van der Waals surface area contributed by atoms with Gasteiger partial charge in [0, 0.05) is 6.42 Å². The third-order valence-electron chi connectivity index (χ3n) is 7.06. The van der Waals surface area contributed by atoms with Crippen molar-refractivity contribution in [2.24, 2.45) is 29.6 Å². The number of hydrogen-bond donors (Lipinski definition) is 4. The predicted octanol–water partition coefficient (Wildman–Crippen LogP) is 6.83. The first-order valence-corrected chi connectivity index (χ1v) is 12.9. The van der Waals surface area contributed by atoms with Gasteiger partial charge in [0.05, 0.1) is 23.9 Å². The highest BCUT2D eigenvalue weighted by Crippen LogP contribution is 2.42. The van der Waals surface area contributed by atoms with E-state index in [0.29, 0.717) is 30.1 Å². The fourth-order valence-electron chi connectivity index (χ4n) is 4.93. The molecule has 0 fully saturated rings. The number of fused-ring (bicyclic) bond motifs is 1. The summed E-state index contributed by atoms with van der Waals surface area (Å²) in [6.45, 7) is 17.6. The highest BCUT2D eigenvalue weighted by molar-refractivity contribution is 5.69. The van der Waals surface area contributed by atoms with Crippen LogP contribution in [0.15, 0.2) is 49.3 Å². The van der Waals surface area contributed by atoms with Crippen LogP contribution in [0, 0.1) is 29.6 Å². The highest BCUT2D eigenvalue weighted by atomic mass is 16.4. The maximum atomic E-state index is 10.5. The Labute approximate surface area is 208 Å². The van der Waals surface area contributed by atoms with Gasteiger partial charge in [-0.3, -0.25) is 4.79 Å². The lowest BCUT2D eigenvalue weighted by Gasteiger charge is -2.38. The Kier molecular flexibility index (Phi) is 16.6. The average molecular weight is 479 g/mol. The van der Waals surface area contributed by atoms with Crippen molar-refractivity contribution in [3.63, 3.8) is 0 Å². The molecule has 0 aromatic rings. The van der Waals surface area contributed by atoms with E-state index in [1.54, 1.807) is 6.92 Å². The summed E-state index contributed by atoms with van der Waals surface area (Å²) in [5.41, 5.74) is 1.29. The first-order valence-electron chi connectivity index (χ1n) is 12.9. The van der Waals surface area contributed by atoms with Crippen LogP contribution >= 0.6 is 0 Å². The van der Waals surface area contributed by atoms with Crippen LogP contribution in [0.5, 0.6) is 0 Å². The summed E-state index contributed by atoms with van der Waals surface area (Å²) in [4.78, 5) is 9.93. The van der Waals surface area contributed by atoms with Crippen molar-refractivity contribution < 1.29 is 25.2 Å². The molecular weight excluding hydrogens is 428 g/mol. The second-order valence-corrected chi connectivity index (χ2v) is 9.84. The minimum atomic E-state index is -0.706. The summed E-state index contributed by atoms with van der Waals surface area (Å²) in [5.74, 6) is 1.26. The van der Waals surface area contributed by atoms with Crippen LogP contribution in [0.4, 0.5) is 0 Å². The molecule has 0 aromatic carbocycles. The van der Waals surface area contributed by atoms with E-state index in [9.17, 15) is 20.1 Å². The Morgan fingerprint density at radius 3 is 2.32 bits per heavy atom. The summed E-state index contributed by atoms with van der Waals surface area (Å²) < 4.78 is 0. The van der Waals surface area contributed by atoms with E-state index in [1.807, 2.05) is 13.0 Å². The molecule has 0 radical (unpaired) electrons. The molecule has 4 N–H and O–H groups in total. The Bertz CT molecular complexity index is 653. The SMILES string of the molecule is C=C.C=C(O)CC(CCC)C[C@H](O)CC[C@@H]1C2CC[C@H](O)C=C2C=C[C@@H]1C.CC[C@H](C)C(=O)O. The fraction of sp³-hybridized carbons (Fsp3) is 0.690. The average Bonchev–Trinajstić information content (AvgIpc) is 2.79. The fourth-order valence-corrected chi connectivity index (χ4v) is 4.93. The molecule has 2 unspecified atom stereocenters. The van der Waals surface area contributed by atoms with Crippen LogP contribution in [0.25, 0.3) is 0 Å². The maximum absolute atomic E-state index is 10.5. The molecule has 5 heteroatoms. The van der Waals surface area contributed by atoms with E-state index in [-0.39, 0.29) is 23.9 Å². The van der Waals surface area contributed by atoms with Gasteiger partial charge in [0.1, 0.15) is 0 Å². The summed E-state index contributed by atoms with van der Waals surface area (Å²) >= 11 is 0. The highest BCUT2D eigenvalue weighted by Gasteiger charge is 2.33. The van der Waals surface area contributed by atoms with Gasteiger partial charge in [-0.2, -0.15) is 0 Å². The molecule has 0 saturated carbocycles. The Hall–Kier alpha value is -1.85. The number of rotatable bonds is 11. The zero-order valence-electron chi connectivity index (χ0n) is 22.0. The van der Waals surface area contributed by atoms with Crippen molar-refractivity contribution in [2.75, 3.05) is 0 Å². The Morgan fingerprint density at radius 2 is 1.82 bits per heavy atom. The zero-order valence-corrected chi connectivity index (χ0v) is 22.0. The third-order valence-corrected chi connectivity index (χ3v) is 7.06. The second-order valence-electron chi connectivity index (χ2n) is 9.84. The Morgan fingerprint density at radius 1 is 1.18 bits per heavy atom. The number of carboxylic acids is 1. The maximum Gasteiger partial charge on any atom is 0.306 e. The van der Waals surface area contributed by atoms with E-state index in [2.05, 4.69) is 45.7 Å². The molecule has 7 atom stereocenters. The number of aliphatic carboxylic acids is 1. The lowest BCUT2D eigenvalue weighted by atomic mass is 9.67. The van der Waals surface area contributed by atoms with Gasteiger partial charge >= 0.3 is 5.97 Å². The zero-order chi connectivity index (χ0) is 26.3. The van der Waals surface area contributed by atoms with E-state index >= 15 is 0 Å². The van der Waals surface area contributed by atoms with Crippen LogP contribution in [0.3, 0.4) is 0 Å². The van der Waals surface area contributed by atoms with Crippen molar-refractivity contribution in [2.45, 2.75) is 97.7 Å². The molecule has 0 saturated heterocycles. The van der Waals surface area contributed by atoms with Crippen LogP contribution < -0.4 is 0 Å². The smallest absolute Gasteiger partial charge is 0.306 e. The van der Waals surface area contributed by atoms with Gasteiger partial charge in [-0.05, 0) is 67.8 Å². The van der Waals surface area contributed by atoms with Crippen LogP contribution in [0.1, 0.15) is 85.5 Å². The molecule has 2 rings (SSSR count). The Balaban J connectivity index is 0.00000104. The summed E-state index contributed by atoms with van der Waals surface area (Å²) in [6, 6.07) is 0. The molecule has 34 heavy (non-hydrogen) atoms. The topological polar surface area (TPSA) is 98.0 Å². The van der Waals surface area contributed by atoms with Crippen LogP contribution in [-0.2, 0) is 4.79 Å². The number of carbonyl (C=O) groups is 1. The van der Waals surface area contributed by atoms with Gasteiger partial charge in [0.2, 0.25) is 0 Å². The number of carboxylic acid groups (broad SMARTS) is 1. The van der Waals surface area contributed by atoms with Gasteiger partial charge in [0.25, 0.3) is 0 Å². The van der Waals surface area contributed by atoms with Gasteiger partial charge in [-0.25, -0.2) is 0 Å². The van der Waals surface area contributed by atoms with Crippen molar-refractivity contribution >= 4 is 5.97 Å². The molecule has 2 aliphatic carbocycles. The molecule has 0 amide bonds.